The zero-order chi connectivity index (χ0) is 26.5. The monoisotopic (exact) mass is 517 g/mol. The minimum absolute atomic E-state index is 0.0522. The van der Waals surface area contributed by atoms with Gasteiger partial charge in [-0.2, -0.15) is 0 Å². The lowest BCUT2D eigenvalue weighted by molar-refractivity contribution is 0.0686. The Hall–Kier alpha value is -4.64. The Morgan fingerprint density at radius 1 is 0.973 bits per heavy atom. The number of anilines is 1. The molecule has 0 bridgehead atoms. The van der Waals surface area contributed by atoms with Crippen molar-refractivity contribution in [2.24, 2.45) is 0 Å². The van der Waals surface area contributed by atoms with Crippen LogP contribution in [0.5, 0.6) is 0 Å². The molecule has 0 aliphatic heterocycles. The van der Waals surface area contributed by atoms with E-state index in [4.69, 9.17) is 4.98 Å². The topological polar surface area (TPSA) is 154 Å². The molecule has 0 spiro atoms. The number of carboxylic acid groups (broad SMARTS) is 2. The van der Waals surface area contributed by atoms with Gasteiger partial charge in [0.05, 0.1) is 11.3 Å². The van der Waals surface area contributed by atoms with Crippen LogP contribution >= 0.6 is 11.3 Å². The predicted molar refractivity (Wildman–Crippen MR) is 140 cm³/mol. The Morgan fingerprint density at radius 3 is 2.38 bits per heavy atom. The average molecular weight is 518 g/mol. The van der Waals surface area contributed by atoms with Crippen LogP contribution in [0.15, 0.2) is 54.2 Å². The van der Waals surface area contributed by atoms with E-state index in [0.29, 0.717) is 40.5 Å². The van der Waals surface area contributed by atoms with Gasteiger partial charge in [-0.25, -0.2) is 24.4 Å². The molecule has 10 nitrogen and oxygen atoms in total. The summed E-state index contributed by atoms with van der Waals surface area (Å²) in [4.78, 5) is 49.8. The fourth-order valence-electron chi connectivity index (χ4n) is 3.81. The molecule has 3 aromatic heterocycles. The minimum Gasteiger partial charge on any atom is -0.478 e. The number of urea groups is 1. The lowest BCUT2D eigenvalue weighted by atomic mass is 9.94. The Balaban J connectivity index is 2.01. The van der Waals surface area contributed by atoms with Crippen LogP contribution in [-0.4, -0.2) is 49.7 Å². The molecule has 0 saturated heterocycles. The van der Waals surface area contributed by atoms with Crippen LogP contribution in [0.2, 0.25) is 0 Å². The normalized spacial score (nSPS) is 10.6. The van der Waals surface area contributed by atoms with Crippen molar-refractivity contribution >= 4 is 35.1 Å². The van der Waals surface area contributed by atoms with Gasteiger partial charge in [0.15, 0.2) is 0 Å². The van der Waals surface area contributed by atoms with E-state index in [1.54, 1.807) is 6.92 Å². The maximum absolute atomic E-state index is 12.6. The summed E-state index contributed by atoms with van der Waals surface area (Å²) >= 11 is 1.23. The summed E-state index contributed by atoms with van der Waals surface area (Å²) < 4.78 is 0. The Morgan fingerprint density at radius 2 is 1.73 bits per heavy atom. The van der Waals surface area contributed by atoms with Crippen molar-refractivity contribution in [2.75, 3.05) is 11.9 Å². The molecular formula is C26H23N5O5S. The first-order chi connectivity index (χ1) is 17.8. The third-order valence-corrected chi connectivity index (χ3v) is 6.35. The number of nitrogens with one attached hydrogen (secondary N) is 2. The van der Waals surface area contributed by atoms with Crippen LogP contribution in [0, 0.1) is 0 Å². The second-order valence-electron chi connectivity index (χ2n) is 7.84. The number of hydrogen-bond donors (Lipinski definition) is 4. The second-order valence-corrected chi connectivity index (χ2v) is 8.70. The number of benzene rings is 1. The molecular weight excluding hydrogens is 494 g/mol. The van der Waals surface area contributed by atoms with Gasteiger partial charge in [0.2, 0.25) is 0 Å². The zero-order valence-corrected chi connectivity index (χ0v) is 20.8. The number of aromatic carboxylic acids is 2. The van der Waals surface area contributed by atoms with E-state index in [1.807, 2.05) is 42.6 Å². The van der Waals surface area contributed by atoms with Crippen molar-refractivity contribution < 1.29 is 24.6 Å². The highest BCUT2D eigenvalue weighted by Crippen LogP contribution is 2.41. The Bertz CT molecular complexity index is 1490. The number of nitrogens with zero attached hydrogens (tertiary/aromatic N) is 3. The summed E-state index contributed by atoms with van der Waals surface area (Å²) in [7, 11) is 0. The SMILES string of the molecule is CCNC(=O)Nc1ncc(-c2cc(C(=O)O)cnc2CC)c(-c2nc(-c3ccccc3)cs2)c1C(=O)O. The number of thiazole rings is 1. The highest BCUT2D eigenvalue weighted by atomic mass is 32.1. The number of amides is 2. The number of aryl methyl sites for hydroxylation is 1. The van der Waals surface area contributed by atoms with Crippen LogP contribution in [-0.2, 0) is 6.42 Å². The van der Waals surface area contributed by atoms with Gasteiger partial charge in [-0.15, -0.1) is 11.3 Å². The quantitative estimate of drug-likeness (QED) is 0.254. The first kappa shape index (κ1) is 25.5. The minimum atomic E-state index is -1.33. The summed E-state index contributed by atoms with van der Waals surface area (Å²) in [5.74, 6) is -2.65. The zero-order valence-electron chi connectivity index (χ0n) is 20.0. The van der Waals surface area contributed by atoms with E-state index in [2.05, 4.69) is 20.6 Å². The Labute approximate surface area is 216 Å². The van der Waals surface area contributed by atoms with Crippen molar-refractivity contribution in [1.29, 1.82) is 0 Å². The van der Waals surface area contributed by atoms with E-state index >= 15 is 0 Å². The summed E-state index contributed by atoms with van der Waals surface area (Å²) in [6.07, 6.45) is 3.13. The molecule has 1 aromatic carbocycles. The van der Waals surface area contributed by atoms with Gasteiger partial charge >= 0.3 is 18.0 Å². The second kappa shape index (κ2) is 11.0. The van der Waals surface area contributed by atoms with Gasteiger partial charge in [0.1, 0.15) is 16.4 Å². The van der Waals surface area contributed by atoms with Crippen LogP contribution in [0.1, 0.15) is 40.3 Å². The number of carbonyl (C=O) groups is 3. The van der Waals surface area contributed by atoms with Gasteiger partial charge in [-0.1, -0.05) is 37.3 Å². The van der Waals surface area contributed by atoms with Crippen molar-refractivity contribution in [3.63, 3.8) is 0 Å². The maximum Gasteiger partial charge on any atom is 0.340 e. The molecule has 0 aliphatic carbocycles. The van der Waals surface area contributed by atoms with Gasteiger partial charge in [-0.05, 0) is 19.4 Å². The molecule has 0 aliphatic rings. The molecule has 4 N–H and O–H groups in total. The summed E-state index contributed by atoms with van der Waals surface area (Å²) in [5.41, 5.74) is 2.72. The molecule has 188 valence electrons. The number of carbonyl (C=O) groups excluding carboxylic acids is 1. The number of hydrogen-bond acceptors (Lipinski definition) is 7. The molecule has 0 fully saturated rings. The maximum atomic E-state index is 12.6. The van der Waals surface area contributed by atoms with E-state index in [-0.39, 0.29) is 22.5 Å². The fraction of sp³-hybridized carbons (Fsp3) is 0.154. The highest BCUT2D eigenvalue weighted by Gasteiger charge is 2.27. The smallest absolute Gasteiger partial charge is 0.340 e. The average Bonchev–Trinajstić information content (AvgIpc) is 3.38. The van der Waals surface area contributed by atoms with E-state index in [0.717, 1.165) is 5.56 Å². The molecule has 0 saturated carbocycles. The largest absolute Gasteiger partial charge is 0.478 e. The van der Waals surface area contributed by atoms with Crippen molar-refractivity contribution in [2.45, 2.75) is 20.3 Å². The molecule has 0 atom stereocenters. The number of pyridine rings is 2. The number of carboxylic acids is 2. The molecule has 4 rings (SSSR count). The lowest BCUT2D eigenvalue weighted by Crippen LogP contribution is -2.29. The molecule has 4 aromatic rings. The third-order valence-electron chi connectivity index (χ3n) is 5.49. The molecule has 37 heavy (non-hydrogen) atoms. The van der Waals surface area contributed by atoms with Crippen LogP contribution < -0.4 is 10.6 Å². The van der Waals surface area contributed by atoms with E-state index in [9.17, 15) is 24.6 Å². The first-order valence-electron chi connectivity index (χ1n) is 11.4. The van der Waals surface area contributed by atoms with Crippen LogP contribution in [0.4, 0.5) is 10.6 Å². The molecule has 0 unspecified atom stereocenters. The Kier molecular flexibility index (Phi) is 7.54. The van der Waals surface area contributed by atoms with Gasteiger partial charge in [0.25, 0.3) is 0 Å². The van der Waals surface area contributed by atoms with Crippen LogP contribution in [0.25, 0.3) is 33.0 Å². The number of rotatable bonds is 8. The van der Waals surface area contributed by atoms with Crippen molar-refractivity contribution in [3.8, 4) is 33.0 Å². The van der Waals surface area contributed by atoms with Gasteiger partial charge in [0, 0.05) is 52.3 Å². The van der Waals surface area contributed by atoms with Gasteiger partial charge < -0.3 is 15.5 Å². The lowest BCUT2D eigenvalue weighted by Gasteiger charge is -2.17. The summed E-state index contributed by atoms with van der Waals surface area (Å²) in [6.45, 7) is 3.92. The van der Waals surface area contributed by atoms with E-state index < -0.39 is 18.0 Å². The highest BCUT2D eigenvalue weighted by molar-refractivity contribution is 7.13. The fourth-order valence-corrected chi connectivity index (χ4v) is 4.70. The molecule has 0 radical (unpaired) electrons. The third kappa shape index (κ3) is 5.31. The molecule has 11 heteroatoms. The predicted octanol–water partition coefficient (Wildman–Crippen LogP) is 5.03. The van der Waals surface area contributed by atoms with Crippen molar-refractivity contribution in [1.82, 2.24) is 20.3 Å². The van der Waals surface area contributed by atoms with E-state index in [1.165, 1.54) is 29.8 Å². The summed E-state index contributed by atoms with van der Waals surface area (Å²) in [5, 5.41) is 27.1. The summed E-state index contributed by atoms with van der Waals surface area (Å²) in [6, 6.07) is 10.3. The molecule has 3 heterocycles. The van der Waals surface area contributed by atoms with Gasteiger partial charge in [-0.3, -0.25) is 10.3 Å². The first-order valence-corrected chi connectivity index (χ1v) is 12.3. The van der Waals surface area contributed by atoms with Crippen molar-refractivity contribution in [3.05, 3.63) is 71.0 Å². The number of aromatic nitrogens is 3. The molecule has 2 amide bonds. The van der Waals surface area contributed by atoms with Crippen LogP contribution in [0.3, 0.4) is 0 Å². The standard InChI is InChI=1S/C26H23N5O5S/c1-3-18-16(10-15(11-28-18)24(32)33)17-12-29-22(31-26(36)27-4-2)21(25(34)35)20(17)23-30-19(13-37-23)14-8-6-5-7-9-14/h5-13H,3-4H2,1-2H3,(H,32,33)(H,34,35)(H2,27,29,31,36).